The Kier molecular flexibility index (Phi) is 11.1. The van der Waals surface area contributed by atoms with Gasteiger partial charge in [0.05, 0.1) is 13.2 Å². The fourth-order valence-corrected chi connectivity index (χ4v) is 5.73. The molecule has 1 fully saturated rings. The van der Waals surface area contributed by atoms with Gasteiger partial charge in [-0.1, -0.05) is 6.07 Å². The molecule has 0 aliphatic carbocycles. The third kappa shape index (κ3) is 8.16. The monoisotopic (exact) mass is 726 g/mol. The summed E-state index contributed by atoms with van der Waals surface area (Å²) < 4.78 is 22.7. The summed E-state index contributed by atoms with van der Waals surface area (Å²) in [5, 5.41) is 85.5. The number of esters is 1. The number of nitrogens with zero attached hydrogens (tertiary/aromatic N) is 1. The third-order valence-electron chi connectivity index (χ3n) is 8.45. The zero-order valence-corrected chi connectivity index (χ0v) is 27.2. The second kappa shape index (κ2) is 15.5. The Morgan fingerprint density at radius 3 is 2.42 bits per heavy atom. The molecule has 0 radical (unpaired) electrons. The lowest BCUT2D eigenvalue weighted by Gasteiger charge is -2.39. The van der Waals surface area contributed by atoms with Crippen LogP contribution < -0.4 is 19.9 Å². The van der Waals surface area contributed by atoms with Crippen LogP contribution >= 0.6 is 0 Å². The number of carboxylic acid groups (broad SMARTS) is 3. The number of aliphatic hydroxyl groups is 3. The lowest BCUT2D eigenvalue weighted by Crippen LogP contribution is -2.60. The van der Waals surface area contributed by atoms with Gasteiger partial charge in [0, 0.05) is 30.6 Å². The number of carbonyl (C=O) groups excluding carboxylic acids is 2. The number of carboxylic acids is 3. The number of rotatable bonds is 11. The molecule has 0 unspecified atom stereocenters. The van der Waals surface area contributed by atoms with Crippen molar-refractivity contribution in [3.63, 3.8) is 0 Å². The minimum absolute atomic E-state index is 0.105. The van der Waals surface area contributed by atoms with Crippen molar-refractivity contribution in [2.75, 3.05) is 13.7 Å². The van der Waals surface area contributed by atoms with Crippen LogP contribution in [-0.4, -0.2) is 127 Å². The largest absolute Gasteiger partial charge is 0.543 e. The predicted octanol–water partition coefficient (Wildman–Crippen LogP) is -1.72. The standard InChI is InChI=1S/C34H34N2O16/c1-49-24-10-15(2-4-22(24)37)3-5-27(39)50-14-26-28(40)29(41)30(42)34(52-26)51-25-13-20-17(12-23(25)38)11-21(33(47)48)36(20)7-6-16-8-18(31(43)44)35-19(9-16)32(45)46/h2-8,10,12-13,19,21,26,28-30,34,40-42H,9,11,14H2,1H3,(H5,37,38,39,43,44,45,46,47,48)/t19-,21+,26-,28-,29+,30-,34-/m1/s1. The van der Waals surface area contributed by atoms with Crippen molar-refractivity contribution >= 4 is 41.9 Å². The van der Waals surface area contributed by atoms with Gasteiger partial charge in [-0.3, -0.25) is 0 Å². The quantitative estimate of drug-likeness (QED) is 0.0726. The number of ether oxygens (including phenoxy) is 4. The van der Waals surface area contributed by atoms with Gasteiger partial charge in [-0.15, -0.1) is 0 Å². The minimum Gasteiger partial charge on any atom is -0.543 e. The Bertz CT molecular complexity index is 1880. The van der Waals surface area contributed by atoms with Gasteiger partial charge in [0.2, 0.25) is 18.0 Å². The van der Waals surface area contributed by atoms with Gasteiger partial charge < -0.3 is 69.9 Å². The van der Waals surface area contributed by atoms with E-state index in [-0.39, 0.29) is 47.0 Å². The first-order valence-electron chi connectivity index (χ1n) is 15.6. The predicted molar refractivity (Wildman–Crippen MR) is 172 cm³/mol. The van der Waals surface area contributed by atoms with Crippen molar-refractivity contribution in [2.24, 2.45) is 0 Å². The van der Waals surface area contributed by atoms with Crippen LogP contribution in [0.4, 0.5) is 5.69 Å². The SMILES string of the molecule is COc1cc(/C=C/C(=O)OC[C@H]2O[C@@H](Oc3cc4c(cc3O)C[C@@H](C(=O)[O-])[N+]4=C/C=C3/C=C(C(=O)O)N[C@@H](C(=O)O)C3)[C@H](O)[C@@H](O)[C@@H]2O)ccc1O. The molecule has 3 aliphatic rings. The van der Waals surface area contributed by atoms with Crippen molar-refractivity contribution in [1.82, 2.24) is 5.32 Å². The Morgan fingerprint density at radius 1 is 1.00 bits per heavy atom. The van der Waals surface area contributed by atoms with E-state index in [0.717, 1.165) is 6.08 Å². The summed E-state index contributed by atoms with van der Waals surface area (Å²) in [5.41, 5.74) is 0.865. The van der Waals surface area contributed by atoms with E-state index in [1.165, 1.54) is 66.5 Å². The van der Waals surface area contributed by atoms with Crippen molar-refractivity contribution in [2.45, 2.75) is 55.6 Å². The number of aliphatic carboxylic acids is 3. The van der Waals surface area contributed by atoms with Crippen LogP contribution in [0.25, 0.3) is 6.08 Å². The van der Waals surface area contributed by atoms with E-state index in [1.807, 2.05) is 0 Å². The summed E-state index contributed by atoms with van der Waals surface area (Å²) in [4.78, 5) is 47.6. The third-order valence-corrected chi connectivity index (χ3v) is 8.45. The molecule has 18 heteroatoms. The molecule has 0 bridgehead atoms. The Hall–Kier alpha value is -5.95. The molecule has 0 spiro atoms. The smallest absolute Gasteiger partial charge is 0.351 e. The first kappa shape index (κ1) is 37.3. The average molecular weight is 727 g/mol. The zero-order chi connectivity index (χ0) is 37.9. The van der Waals surface area contributed by atoms with E-state index >= 15 is 0 Å². The molecule has 8 N–H and O–H groups in total. The molecule has 52 heavy (non-hydrogen) atoms. The molecule has 0 aromatic heterocycles. The summed E-state index contributed by atoms with van der Waals surface area (Å²) in [6.07, 6.45) is -2.67. The van der Waals surface area contributed by atoms with Crippen LogP contribution in [0.15, 0.2) is 59.8 Å². The van der Waals surface area contributed by atoms with Crippen LogP contribution in [0.2, 0.25) is 0 Å². The number of phenols is 2. The zero-order valence-electron chi connectivity index (χ0n) is 27.2. The summed E-state index contributed by atoms with van der Waals surface area (Å²) in [5.74, 6) is -5.86. The first-order chi connectivity index (χ1) is 24.7. The molecule has 2 aromatic rings. The van der Waals surface area contributed by atoms with Crippen molar-refractivity contribution in [3.05, 3.63) is 71.0 Å². The molecular weight excluding hydrogens is 692 g/mol. The molecule has 0 amide bonds. The highest BCUT2D eigenvalue weighted by atomic mass is 16.7. The molecule has 276 valence electrons. The molecular formula is C34H34N2O16. The second-order valence-corrected chi connectivity index (χ2v) is 11.9. The second-order valence-electron chi connectivity index (χ2n) is 11.9. The van der Waals surface area contributed by atoms with E-state index in [1.54, 1.807) is 0 Å². The van der Waals surface area contributed by atoms with Gasteiger partial charge in [-0.05, 0) is 41.5 Å². The van der Waals surface area contributed by atoms with E-state index in [4.69, 9.17) is 18.9 Å². The maximum absolute atomic E-state index is 12.4. The number of fused-ring (bicyclic) bond motifs is 1. The molecule has 3 aliphatic heterocycles. The maximum atomic E-state index is 12.4. The average Bonchev–Trinajstić information content (AvgIpc) is 3.47. The maximum Gasteiger partial charge on any atom is 0.351 e. The molecule has 18 nitrogen and oxygen atoms in total. The van der Waals surface area contributed by atoms with Crippen LogP contribution in [0, 0.1) is 0 Å². The number of aliphatic hydroxyl groups excluding tert-OH is 3. The summed E-state index contributed by atoms with van der Waals surface area (Å²) >= 11 is 0. The molecule has 3 heterocycles. The van der Waals surface area contributed by atoms with Gasteiger partial charge in [0.25, 0.3) is 0 Å². The first-order valence-corrected chi connectivity index (χ1v) is 15.6. The number of aromatic hydroxyl groups is 2. The Morgan fingerprint density at radius 2 is 1.75 bits per heavy atom. The number of hydrogen-bond donors (Lipinski definition) is 8. The highest BCUT2D eigenvalue weighted by molar-refractivity contribution is 5.90. The normalized spacial score (nSPS) is 27.1. The van der Waals surface area contributed by atoms with Gasteiger partial charge >= 0.3 is 17.9 Å². The Balaban J connectivity index is 1.34. The van der Waals surface area contributed by atoms with Gasteiger partial charge in [0.15, 0.2) is 29.2 Å². The molecule has 1 saturated heterocycles. The van der Waals surface area contributed by atoms with E-state index < -0.39 is 79.0 Å². The highest BCUT2D eigenvalue weighted by Gasteiger charge is 2.46. The van der Waals surface area contributed by atoms with Crippen LogP contribution in [-0.2, 0) is 35.1 Å². The number of nitrogens with one attached hydrogen (secondary N) is 1. The number of phenolic OH excluding ortho intramolecular Hbond substituents is 2. The lowest BCUT2D eigenvalue weighted by atomic mass is 9.99. The van der Waals surface area contributed by atoms with Gasteiger partial charge in [0.1, 0.15) is 48.7 Å². The topological polar surface area (TPSA) is 285 Å². The number of hydrogen-bond acceptors (Lipinski definition) is 15. The van der Waals surface area contributed by atoms with Crippen LogP contribution in [0.1, 0.15) is 17.5 Å². The Labute approximate surface area is 294 Å². The minimum atomic E-state index is -1.88. The van der Waals surface area contributed by atoms with Crippen molar-refractivity contribution < 1.29 is 83.6 Å². The van der Waals surface area contributed by atoms with E-state index in [0.29, 0.717) is 11.1 Å². The fraction of sp³-hybridized carbons (Fsp3) is 0.324. The molecule has 2 aromatic carbocycles. The van der Waals surface area contributed by atoms with Crippen molar-refractivity contribution in [3.8, 4) is 23.0 Å². The number of carbonyl (C=O) groups is 4. The van der Waals surface area contributed by atoms with Crippen molar-refractivity contribution in [1.29, 1.82) is 0 Å². The molecule has 7 atom stereocenters. The van der Waals surface area contributed by atoms with Crippen LogP contribution in [0.5, 0.6) is 23.0 Å². The summed E-state index contributed by atoms with van der Waals surface area (Å²) in [7, 11) is 1.36. The van der Waals surface area contributed by atoms with Gasteiger partial charge in [-0.2, -0.15) is 4.58 Å². The van der Waals surface area contributed by atoms with E-state index in [2.05, 4.69) is 5.32 Å². The fourth-order valence-electron chi connectivity index (χ4n) is 5.73. The highest BCUT2D eigenvalue weighted by Crippen LogP contribution is 2.40. The number of allylic oxidation sites excluding steroid dienone is 2. The van der Waals surface area contributed by atoms with Crippen LogP contribution in [0.3, 0.4) is 0 Å². The summed E-state index contributed by atoms with van der Waals surface area (Å²) in [6, 6.07) is 4.19. The number of methoxy groups -OCH3 is 1. The van der Waals surface area contributed by atoms with E-state index in [9.17, 15) is 60.0 Å². The van der Waals surface area contributed by atoms with Gasteiger partial charge in [-0.25, -0.2) is 14.4 Å². The molecule has 0 saturated carbocycles. The number of benzene rings is 2. The lowest BCUT2D eigenvalue weighted by molar-refractivity contribution is -0.475. The molecule has 5 rings (SSSR count). The summed E-state index contributed by atoms with van der Waals surface area (Å²) in [6.45, 7) is -0.607.